The molecule has 0 bridgehead atoms. The van der Waals surface area contributed by atoms with Crippen LogP contribution < -0.4 is 10.2 Å². The van der Waals surface area contributed by atoms with Gasteiger partial charge in [-0.25, -0.2) is 0 Å². The van der Waals surface area contributed by atoms with Gasteiger partial charge < -0.3 is 19.8 Å². The molecular weight excluding hydrogens is 408 g/mol. The number of aliphatic carboxylic acids is 2. The smallest absolute Gasteiger partial charge is 0.545 e. The van der Waals surface area contributed by atoms with Gasteiger partial charge in [-0.3, -0.25) is 0 Å². The number of carbonyl (C=O) groups excluding carboxylic acids is 2. The molecule has 68 valence electrons. The fourth-order valence-corrected chi connectivity index (χ4v) is 0.309. The van der Waals surface area contributed by atoms with Crippen LogP contribution in [0.4, 0.5) is 0 Å². The van der Waals surface area contributed by atoms with Crippen LogP contribution in [0.15, 0.2) is 23.2 Å². The van der Waals surface area contributed by atoms with Gasteiger partial charge in [-0.15, -0.1) is 0 Å². The van der Waals surface area contributed by atoms with Crippen LogP contribution in [-0.4, -0.2) is 11.9 Å². The normalized spacial score (nSPS) is 8.77. The zero-order valence-electron chi connectivity index (χ0n) is 6.41. The number of hydrogen-bond donors (Lipinski definition) is 0. The first-order valence-corrected chi connectivity index (χ1v) is 3.37. The predicted molar refractivity (Wildman–Crippen MR) is 40.0 cm³/mol. The van der Waals surface area contributed by atoms with Gasteiger partial charge in [-0.1, -0.05) is 23.2 Å². The van der Waals surface area contributed by atoms with Crippen LogP contribution in [0, 0.1) is 0 Å². The van der Waals surface area contributed by atoms with Gasteiger partial charge in [0.2, 0.25) is 0 Å². The number of carboxylic acid groups (broad SMARTS) is 2. The van der Waals surface area contributed by atoms with E-state index in [2.05, 4.69) is 0 Å². The molecule has 0 saturated heterocycles. The summed E-state index contributed by atoms with van der Waals surface area (Å²) >= 11 is 9.59. The number of rotatable bonds is 2. The van der Waals surface area contributed by atoms with Gasteiger partial charge in [-0.05, 0) is 12.2 Å². The van der Waals surface area contributed by atoms with Crippen molar-refractivity contribution in [1.82, 2.24) is 0 Å². The largest absolute Gasteiger partial charge is 2.00 e. The van der Waals surface area contributed by atoms with Crippen molar-refractivity contribution in [3.05, 3.63) is 23.2 Å². The van der Waals surface area contributed by atoms with Crippen molar-refractivity contribution in [1.29, 1.82) is 0 Å². The summed E-state index contributed by atoms with van der Waals surface area (Å²) in [5.74, 6) is -2.55. The Morgan fingerprint density at radius 2 is 1.15 bits per heavy atom. The zero-order chi connectivity index (χ0) is 9.98. The Morgan fingerprint density at radius 3 is 1.15 bits per heavy atom. The van der Waals surface area contributed by atoms with E-state index in [4.69, 9.17) is 23.2 Å². The van der Waals surface area contributed by atoms with Gasteiger partial charge in [0.15, 0.2) is 0 Å². The molecule has 0 aromatic carbocycles. The molecule has 0 N–H and O–H groups in total. The first-order chi connectivity index (χ1) is 5.54. The number of hydrogen-bond acceptors (Lipinski definition) is 4. The molecule has 0 rings (SSSR count). The summed E-state index contributed by atoms with van der Waals surface area (Å²) < 4.78 is 0. The van der Waals surface area contributed by atoms with Gasteiger partial charge >= 0.3 is 27.7 Å². The second-order valence-corrected chi connectivity index (χ2v) is 1.73. The summed E-state index contributed by atoms with van der Waals surface area (Å²) in [6.07, 6.45) is 1.48. The minimum absolute atomic E-state index is 0. The number of carbonyl (C=O) groups is 2. The Morgan fingerprint density at radius 1 is 0.923 bits per heavy atom. The molecule has 0 amide bonds. The Hall–Kier alpha value is -0.0649. The van der Waals surface area contributed by atoms with Crippen LogP contribution in [0.1, 0.15) is 0 Å². The molecule has 0 aliphatic rings. The maximum absolute atomic E-state index is 9.32. The molecule has 0 aromatic heterocycles. The van der Waals surface area contributed by atoms with Crippen molar-refractivity contribution in [3.8, 4) is 0 Å². The fraction of sp³-hybridized carbons (Fsp3) is 0. The topological polar surface area (TPSA) is 80.3 Å². The number of carboxylic acids is 2. The van der Waals surface area contributed by atoms with Crippen LogP contribution in [0.3, 0.4) is 0 Å². The standard InChI is InChI=1S/2C3H3ClO2.Hg/c2*4-2-1-3(5)6;/h2*1-2H,(H,5,6);/q;;+2/p-2. The van der Waals surface area contributed by atoms with Crippen LogP contribution >= 0.6 is 23.2 Å². The minimum atomic E-state index is -1.27. The van der Waals surface area contributed by atoms with Crippen molar-refractivity contribution in [2.45, 2.75) is 0 Å². The van der Waals surface area contributed by atoms with E-state index in [-0.39, 0.29) is 27.7 Å². The third-order valence-electron chi connectivity index (χ3n) is 0.398. The van der Waals surface area contributed by atoms with E-state index in [1.807, 2.05) is 0 Å². The van der Waals surface area contributed by atoms with Crippen LogP contribution in [0.25, 0.3) is 0 Å². The third kappa shape index (κ3) is 33.4. The van der Waals surface area contributed by atoms with Gasteiger partial charge in [0.1, 0.15) is 0 Å². The van der Waals surface area contributed by atoms with Crippen LogP contribution in [0.2, 0.25) is 0 Å². The summed E-state index contributed by atoms with van der Waals surface area (Å²) in [4.78, 5) is 18.6. The quantitative estimate of drug-likeness (QED) is 0.430. The third-order valence-corrected chi connectivity index (χ3v) is 0.650. The Kier molecular flexibility index (Phi) is 20.8. The summed E-state index contributed by atoms with van der Waals surface area (Å²) in [5, 5.41) is 18.6. The van der Waals surface area contributed by atoms with Crippen molar-refractivity contribution in [3.63, 3.8) is 0 Å². The molecule has 0 aliphatic heterocycles. The molecule has 0 aliphatic carbocycles. The molecule has 0 heterocycles. The molecule has 0 aromatic rings. The molecule has 0 unspecified atom stereocenters. The SMILES string of the molecule is O=C([O-])C=CCl.O=C([O-])C=CCl.[Hg+2]. The molecule has 0 atom stereocenters. The van der Waals surface area contributed by atoms with Crippen molar-refractivity contribution >= 4 is 35.1 Å². The van der Waals surface area contributed by atoms with Crippen molar-refractivity contribution < 1.29 is 47.5 Å². The molecule has 13 heavy (non-hydrogen) atoms. The first kappa shape index (κ1) is 18.7. The molecule has 0 radical (unpaired) electrons. The zero-order valence-corrected chi connectivity index (χ0v) is 13.4. The minimum Gasteiger partial charge on any atom is -0.545 e. The molecular formula is C6H4Cl2HgO4. The van der Waals surface area contributed by atoms with Crippen LogP contribution in [0.5, 0.6) is 0 Å². The Balaban J connectivity index is -0.000000143. The average Bonchev–Trinajstić information content (AvgIpc) is 1.87. The first-order valence-electron chi connectivity index (χ1n) is 2.50. The van der Waals surface area contributed by atoms with E-state index < -0.39 is 11.9 Å². The molecule has 0 fully saturated rings. The van der Waals surface area contributed by atoms with Gasteiger partial charge in [0.05, 0.1) is 11.9 Å². The maximum atomic E-state index is 9.32. The Labute approximate surface area is 105 Å². The second kappa shape index (κ2) is 14.5. The average molecular weight is 412 g/mol. The van der Waals surface area contributed by atoms with E-state index >= 15 is 0 Å². The predicted octanol–water partition coefficient (Wildman–Crippen LogP) is -1.02. The van der Waals surface area contributed by atoms with Crippen molar-refractivity contribution in [2.24, 2.45) is 0 Å². The van der Waals surface area contributed by atoms with Crippen molar-refractivity contribution in [2.75, 3.05) is 0 Å². The molecule has 4 nitrogen and oxygen atoms in total. The van der Waals surface area contributed by atoms with E-state index in [1.54, 1.807) is 0 Å². The number of halogens is 2. The summed E-state index contributed by atoms with van der Waals surface area (Å²) in [6, 6.07) is 0. The molecule has 0 saturated carbocycles. The molecule has 7 heteroatoms. The van der Waals surface area contributed by atoms with E-state index in [9.17, 15) is 19.8 Å². The summed E-state index contributed by atoms with van der Waals surface area (Å²) in [6.45, 7) is 0. The van der Waals surface area contributed by atoms with Gasteiger partial charge in [0.25, 0.3) is 0 Å². The Bertz CT molecular complexity index is 181. The van der Waals surface area contributed by atoms with Gasteiger partial charge in [-0.2, -0.15) is 0 Å². The monoisotopic (exact) mass is 412 g/mol. The fourth-order valence-electron chi connectivity index (χ4n) is 0.103. The summed E-state index contributed by atoms with van der Waals surface area (Å²) in [7, 11) is 0. The maximum Gasteiger partial charge on any atom is 2.00 e. The van der Waals surface area contributed by atoms with E-state index in [0.29, 0.717) is 0 Å². The van der Waals surface area contributed by atoms with Crippen LogP contribution in [-0.2, 0) is 37.3 Å². The summed E-state index contributed by atoms with van der Waals surface area (Å²) in [5.41, 5.74) is 1.77. The van der Waals surface area contributed by atoms with E-state index in [0.717, 1.165) is 23.2 Å². The second-order valence-electron chi connectivity index (χ2n) is 1.22. The van der Waals surface area contributed by atoms with Gasteiger partial charge in [0, 0.05) is 11.1 Å². The molecule has 0 spiro atoms. The van der Waals surface area contributed by atoms with E-state index in [1.165, 1.54) is 0 Å².